The molecule has 0 aliphatic carbocycles. The van der Waals surface area contributed by atoms with Crippen LogP contribution >= 0.6 is 0 Å². The minimum absolute atomic E-state index is 0.150. The first-order valence-corrected chi connectivity index (χ1v) is 13.2. The van der Waals surface area contributed by atoms with E-state index in [1.807, 2.05) is 18.2 Å². The van der Waals surface area contributed by atoms with Crippen molar-refractivity contribution in [1.29, 1.82) is 0 Å². The monoisotopic (exact) mass is 540 g/mol. The summed E-state index contributed by atoms with van der Waals surface area (Å²) in [6.07, 6.45) is 3.19. The molecule has 1 aliphatic heterocycles. The van der Waals surface area contributed by atoms with E-state index in [1.165, 1.54) is 37.0 Å². The highest BCUT2D eigenvalue weighted by Crippen LogP contribution is 2.37. The molecule has 3 heterocycles. The fraction of sp³-hybridized carbons (Fsp3) is 0.320. The van der Waals surface area contributed by atoms with Gasteiger partial charge in [-0.1, -0.05) is 6.07 Å². The highest BCUT2D eigenvalue weighted by Gasteiger charge is 2.31. The first-order valence-electron chi connectivity index (χ1n) is 11.8. The van der Waals surface area contributed by atoms with Crippen molar-refractivity contribution in [2.75, 3.05) is 59.5 Å². The number of aromatic nitrogens is 4. The van der Waals surface area contributed by atoms with E-state index >= 15 is 0 Å². The second-order valence-corrected chi connectivity index (χ2v) is 10.4. The predicted molar refractivity (Wildman–Crippen MR) is 140 cm³/mol. The van der Waals surface area contributed by atoms with Crippen LogP contribution in [0.3, 0.4) is 0 Å². The quantitative estimate of drug-likeness (QED) is 0.329. The molecular weight excluding hydrogens is 512 g/mol. The Morgan fingerprint density at radius 3 is 2.05 bits per heavy atom. The number of sulfonamides is 1. The van der Waals surface area contributed by atoms with Gasteiger partial charge in [-0.15, -0.1) is 0 Å². The van der Waals surface area contributed by atoms with Crippen molar-refractivity contribution in [3.05, 3.63) is 48.9 Å². The molecule has 12 nitrogen and oxygen atoms in total. The van der Waals surface area contributed by atoms with Gasteiger partial charge in [0.25, 0.3) is 5.78 Å². The number of methoxy groups -OCH3 is 4. The van der Waals surface area contributed by atoms with E-state index in [9.17, 15) is 8.42 Å². The van der Waals surface area contributed by atoms with Gasteiger partial charge in [-0.3, -0.25) is 0 Å². The zero-order valence-corrected chi connectivity index (χ0v) is 22.3. The number of piperazine rings is 1. The number of benzene rings is 2. The van der Waals surface area contributed by atoms with Crippen LogP contribution in [0.5, 0.6) is 23.0 Å². The zero-order valence-electron chi connectivity index (χ0n) is 21.5. The molecule has 0 amide bonds. The van der Waals surface area contributed by atoms with Gasteiger partial charge in [0.2, 0.25) is 10.0 Å². The summed E-state index contributed by atoms with van der Waals surface area (Å²) in [5.41, 5.74) is 1.66. The van der Waals surface area contributed by atoms with Crippen molar-refractivity contribution in [3.63, 3.8) is 0 Å². The van der Waals surface area contributed by atoms with Crippen molar-refractivity contribution in [2.45, 2.75) is 4.90 Å². The van der Waals surface area contributed by atoms with Crippen molar-refractivity contribution in [3.8, 4) is 34.1 Å². The van der Waals surface area contributed by atoms with E-state index in [2.05, 4.69) is 20.0 Å². The number of fused-ring (bicyclic) bond motifs is 1. The summed E-state index contributed by atoms with van der Waals surface area (Å²) in [6.45, 7) is 1.43. The lowest BCUT2D eigenvalue weighted by Gasteiger charge is -2.36. The van der Waals surface area contributed by atoms with Gasteiger partial charge in [0.1, 0.15) is 12.1 Å². The van der Waals surface area contributed by atoms with E-state index in [-0.39, 0.29) is 18.0 Å². The van der Waals surface area contributed by atoms with Gasteiger partial charge in [0.05, 0.1) is 33.3 Å². The van der Waals surface area contributed by atoms with E-state index in [0.717, 1.165) is 16.9 Å². The molecule has 2 aromatic carbocycles. The molecule has 0 saturated carbocycles. The number of hydrogen-bond acceptors (Lipinski definition) is 10. The van der Waals surface area contributed by atoms with Crippen LogP contribution in [-0.4, -0.2) is 86.9 Å². The van der Waals surface area contributed by atoms with Gasteiger partial charge in [-0.25, -0.2) is 13.4 Å². The topological polar surface area (TPSA) is 121 Å². The summed E-state index contributed by atoms with van der Waals surface area (Å²) in [7, 11) is 2.41. The van der Waals surface area contributed by atoms with Crippen molar-refractivity contribution < 1.29 is 27.4 Å². The average molecular weight is 541 g/mol. The number of hydrogen-bond donors (Lipinski definition) is 0. The third-order valence-corrected chi connectivity index (χ3v) is 8.40. The molecule has 0 radical (unpaired) electrons. The summed E-state index contributed by atoms with van der Waals surface area (Å²) in [6, 6.07) is 10.2. The van der Waals surface area contributed by atoms with Gasteiger partial charge in [0, 0.05) is 44.0 Å². The lowest BCUT2D eigenvalue weighted by molar-refractivity contribution is 0.353. The largest absolute Gasteiger partial charge is 0.493 e. The van der Waals surface area contributed by atoms with Crippen molar-refractivity contribution >= 4 is 21.6 Å². The van der Waals surface area contributed by atoms with Crippen molar-refractivity contribution in [2.24, 2.45) is 0 Å². The van der Waals surface area contributed by atoms with Crippen LogP contribution in [0.2, 0.25) is 0 Å². The first-order chi connectivity index (χ1) is 18.4. The second-order valence-electron chi connectivity index (χ2n) is 8.45. The third kappa shape index (κ3) is 4.43. The van der Waals surface area contributed by atoms with Crippen molar-refractivity contribution in [1.82, 2.24) is 23.9 Å². The van der Waals surface area contributed by atoms with Crippen LogP contribution in [0.1, 0.15) is 0 Å². The third-order valence-electron chi connectivity index (χ3n) is 6.51. The van der Waals surface area contributed by atoms with Crippen LogP contribution < -0.4 is 23.8 Å². The Balaban J connectivity index is 1.46. The molecule has 4 aromatic rings. The Kier molecular flexibility index (Phi) is 6.95. The number of ether oxygens (including phenoxy) is 4. The highest BCUT2D eigenvalue weighted by molar-refractivity contribution is 7.89. The Morgan fingerprint density at radius 2 is 1.39 bits per heavy atom. The van der Waals surface area contributed by atoms with E-state index in [4.69, 9.17) is 18.9 Å². The molecular formula is C25H28N6O6S. The first kappa shape index (κ1) is 25.5. The SMILES string of the molecule is COc1ccc(-c2cnc3ncnn3c2N2CCN(S(=O)(=O)c3ccc(OC)c(OC)c3)CC2)cc1OC. The van der Waals surface area contributed by atoms with E-state index in [1.54, 1.807) is 31.0 Å². The maximum absolute atomic E-state index is 13.4. The fourth-order valence-corrected chi connectivity index (χ4v) is 5.98. The summed E-state index contributed by atoms with van der Waals surface area (Å²) < 4.78 is 51.4. The Morgan fingerprint density at radius 1 is 0.763 bits per heavy atom. The van der Waals surface area contributed by atoms with Gasteiger partial charge in [0.15, 0.2) is 23.0 Å². The lowest BCUT2D eigenvalue weighted by Crippen LogP contribution is -2.49. The number of rotatable bonds is 8. The van der Waals surface area contributed by atoms with Crippen LogP contribution in [0, 0.1) is 0 Å². The molecule has 0 atom stereocenters. The second kappa shape index (κ2) is 10.3. The summed E-state index contributed by atoms with van der Waals surface area (Å²) in [5.74, 6) is 3.24. The molecule has 1 aliphatic rings. The normalized spacial score (nSPS) is 14.5. The molecule has 0 spiro atoms. The molecule has 0 N–H and O–H groups in total. The highest BCUT2D eigenvalue weighted by atomic mass is 32.2. The Bertz CT molecular complexity index is 1570. The maximum Gasteiger partial charge on any atom is 0.254 e. The molecule has 0 unspecified atom stereocenters. The fourth-order valence-electron chi connectivity index (χ4n) is 4.54. The summed E-state index contributed by atoms with van der Waals surface area (Å²) in [4.78, 5) is 10.9. The molecule has 13 heteroatoms. The minimum Gasteiger partial charge on any atom is -0.493 e. The van der Waals surface area contributed by atoms with Crippen LogP contribution in [-0.2, 0) is 10.0 Å². The molecule has 1 saturated heterocycles. The predicted octanol–water partition coefficient (Wildman–Crippen LogP) is 2.34. The number of nitrogens with zero attached hydrogens (tertiary/aromatic N) is 6. The molecule has 38 heavy (non-hydrogen) atoms. The lowest BCUT2D eigenvalue weighted by atomic mass is 10.1. The summed E-state index contributed by atoms with van der Waals surface area (Å²) in [5, 5.41) is 4.39. The zero-order chi connectivity index (χ0) is 26.9. The Hall–Kier alpha value is -4.10. The molecule has 5 rings (SSSR count). The molecule has 2 aromatic heterocycles. The smallest absolute Gasteiger partial charge is 0.254 e. The Labute approximate surface area is 220 Å². The van der Waals surface area contributed by atoms with E-state index in [0.29, 0.717) is 41.9 Å². The van der Waals surface area contributed by atoms with Crippen LogP contribution in [0.25, 0.3) is 16.9 Å². The van der Waals surface area contributed by atoms with Gasteiger partial charge < -0.3 is 23.8 Å². The van der Waals surface area contributed by atoms with Gasteiger partial charge in [-0.2, -0.15) is 18.9 Å². The van der Waals surface area contributed by atoms with Gasteiger partial charge >= 0.3 is 0 Å². The van der Waals surface area contributed by atoms with Crippen LogP contribution in [0.15, 0.2) is 53.8 Å². The minimum atomic E-state index is -3.74. The number of anilines is 1. The summed E-state index contributed by atoms with van der Waals surface area (Å²) >= 11 is 0. The molecule has 200 valence electrons. The standard InChI is InChI=1S/C25H28N6O6S/c1-34-20-7-5-17(13-22(20)36-3)19-15-26-25-27-16-28-31(25)24(19)29-9-11-30(12-10-29)38(32,33)18-6-8-21(35-2)23(14-18)37-4/h5-8,13-16H,9-12H2,1-4H3. The van der Waals surface area contributed by atoms with Gasteiger partial charge in [-0.05, 0) is 29.8 Å². The average Bonchev–Trinajstić information content (AvgIpc) is 3.45. The maximum atomic E-state index is 13.4. The molecule has 1 fully saturated rings. The van der Waals surface area contributed by atoms with Crippen LogP contribution in [0.4, 0.5) is 5.82 Å². The molecule has 0 bridgehead atoms. The van der Waals surface area contributed by atoms with E-state index < -0.39 is 10.0 Å².